The molecule has 1 aliphatic rings. The lowest BCUT2D eigenvalue weighted by atomic mass is 9.75. The number of hydrazine groups is 1. The lowest BCUT2D eigenvalue weighted by Crippen LogP contribution is -2.32. The summed E-state index contributed by atoms with van der Waals surface area (Å²) in [5.41, 5.74) is 4.13. The summed E-state index contributed by atoms with van der Waals surface area (Å²) in [4.78, 5) is 8.55. The maximum absolute atomic E-state index is 5.50. The van der Waals surface area contributed by atoms with Gasteiger partial charge in [-0.15, -0.1) is 0 Å². The van der Waals surface area contributed by atoms with Gasteiger partial charge in [0.2, 0.25) is 0 Å². The molecule has 1 atom stereocenters. The second kappa shape index (κ2) is 5.74. The third-order valence-corrected chi connectivity index (χ3v) is 3.98. The van der Waals surface area contributed by atoms with Crippen molar-refractivity contribution >= 4 is 11.6 Å². The molecule has 0 radical (unpaired) electrons. The summed E-state index contributed by atoms with van der Waals surface area (Å²) in [6.45, 7) is 6.78. The molecule has 1 unspecified atom stereocenters. The van der Waals surface area contributed by atoms with Gasteiger partial charge in [-0.3, -0.25) is 0 Å². The molecule has 19 heavy (non-hydrogen) atoms. The summed E-state index contributed by atoms with van der Waals surface area (Å²) >= 11 is 0. The SMILES string of the molecule is CCc1c(NN)ncnc1NC1CCCC(C)(C)C1. The van der Waals surface area contributed by atoms with E-state index in [1.807, 2.05) is 0 Å². The van der Waals surface area contributed by atoms with Gasteiger partial charge in [-0.05, 0) is 31.1 Å². The Morgan fingerprint density at radius 2 is 2.11 bits per heavy atom. The van der Waals surface area contributed by atoms with Crippen LogP contribution in [0.4, 0.5) is 11.6 Å². The molecule has 0 spiro atoms. The van der Waals surface area contributed by atoms with Crippen molar-refractivity contribution in [2.75, 3.05) is 10.7 Å². The molecular weight excluding hydrogens is 238 g/mol. The summed E-state index contributed by atoms with van der Waals surface area (Å²) in [5.74, 6) is 7.15. The average Bonchev–Trinajstić information content (AvgIpc) is 2.37. The Balaban J connectivity index is 2.14. The van der Waals surface area contributed by atoms with E-state index in [4.69, 9.17) is 5.84 Å². The number of anilines is 2. The Kier molecular flexibility index (Phi) is 4.24. The molecule has 0 aromatic carbocycles. The molecule has 1 aliphatic carbocycles. The first-order valence-corrected chi connectivity index (χ1v) is 7.13. The second-order valence-corrected chi connectivity index (χ2v) is 6.15. The number of nitrogen functional groups attached to an aromatic ring is 1. The molecule has 1 aromatic heterocycles. The molecule has 5 nitrogen and oxygen atoms in total. The monoisotopic (exact) mass is 263 g/mol. The van der Waals surface area contributed by atoms with Crippen LogP contribution in [0, 0.1) is 5.41 Å². The Labute approximate surface area is 115 Å². The Hall–Kier alpha value is -1.36. The molecule has 0 amide bonds. The number of rotatable bonds is 4. The highest BCUT2D eigenvalue weighted by atomic mass is 15.3. The first-order chi connectivity index (χ1) is 9.05. The molecule has 1 heterocycles. The standard InChI is InChI=1S/C14H25N5/c1-4-11-12(16-9-17-13(11)19-15)18-10-6-5-7-14(2,3)8-10/h9-10H,4-8,15H2,1-3H3,(H2,16,17,18,19). The van der Waals surface area contributed by atoms with Crippen LogP contribution in [0.5, 0.6) is 0 Å². The van der Waals surface area contributed by atoms with E-state index in [0.717, 1.165) is 23.6 Å². The molecule has 1 fully saturated rings. The van der Waals surface area contributed by atoms with Gasteiger partial charge in [-0.25, -0.2) is 15.8 Å². The summed E-state index contributed by atoms with van der Waals surface area (Å²) in [7, 11) is 0. The maximum Gasteiger partial charge on any atom is 0.148 e. The Morgan fingerprint density at radius 3 is 2.74 bits per heavy atom. The van der Waals surface area contributed by atoms with Crippen LogP contribution in [0.25, 0.3) is 0 Å². The van der Waals surface area contributed by atoms with Gasteiger partial charge >= 0.3 is 0 Å². The van der Waals surface area contributed by atoms with Gasteiger partial charge in [-0.2, -0.15) is 0 Å². The summed E-state index contributed by atoms with van der Waals surface area (Å²) in [5, 5.41) is 3.58. The fourth-order valence-electron chi connectivity index (χ4n) is 3.01. The van der Waals surface area contributed by atoms with Crippen molar-refractivity contribution in [1.82, 2.24) is 9.97 Å². The van der Waals surface area contributed by atoms with Gasteiger partial charge in [0.1, 0.15) is 18.0 Å². The van der Waals surface area contributed by atoms with Gasteiger partial charge in [-0.1, -0.05) is 27.2 Å². The fraction of sp³-hybridized carbons (Fsp3) is 0.714. The van der Waals surface area contributed by atoms with E-state index < -0.39 is 0 Å². The van der Waals surface area contributed by atoms with Crippen molar-refractivity contribution in [3.05, 3.63) is 11.9 Å². The van der Waals surface area contributed by atoms with Crippen LogP contribution in [0.3, 0.4) is 0 Å². The molecule has 1 aromatic rings. The van der Waals surface area contributed by atoms with Gasteiger partial charge in [0.05, 0.1) is 0 Å². The predicted octanol–water partition coefficient (Wildman–Crippen LogP) is 2.71. The van der Waals surface area contributed by atoms with E-state index in [2.05, 4.69) is 41.5 Å². The first-order valence-electron chi connectivity index (χ1n) is 7.13. The minimum atomic E-state index is 0.421. The molecule has 1 saturated carbocycles. The molecule has 0 aliphatic heterocycles. The van der Waals surface area contributed by atoms with Crippen molar-refractivity contribution < 1.29 is 0 Å². The molecule has 5 heteroatoms. The molecule has 4 N–H and O–H groups in total. The number of hydrogen-bond acceptors (Lipinski definition) is 5. The van der Waals surface area contributed by atoms with Crippen LogP contribution >= 0.6 is 0 Å². The van der Waals surface area contributed by atoms with E-state index in [1.165, 1.54) is 25.7 Å². The van der Waals surface area contributed by atoms with Crippen molar-refractivity contribution in [3.8, 4) is 0 Å². The van der Waals surface area contributed by atoms with Gasteiger partial charge in [0, 0.05) is 11.6 Å². The molecule has 0 bridgehead atoms. The van der Waals surface area contributed by atoms with Crippen molar-refractivity contribution in [2.45, 2.75) is 58.9 Å². The van der Waals surface area contributed by atoms with Crippen LogP contribution in [0.15, 0.2) is 6.33 Å². The third kappa shape index (κ3) is 3.35. The fourth-order valence-corrected chi connectivity index (χ4v) is 3.01. The van der Waals surface area contributed by atoms with Crippen molar-refractivity contribution in [3.63, 3.8) is 0 Å². The maximum atomic E-state index is 5.50. The molecule has 0 saturated heterocycles. The van der Waals surface area contributed by atoms with E-state index in [9.17, 15) is 0 Å². The number of nitrogens with one attached hydrogen (secondary N) is 2. The number of aromatic nitrogens is 2. The third-order valence-electron chi connectivity index (χ3n) is 3.98. The average molecular weight is 263 g/mol. The Morgan fingerprint density at radius 1 is 1.37 bits per heavy atom. The van der Waals surface area contributed by atoms with Crippen molar-refractivity contribution in [1.29, 1.82) is 0 Å². The van der Waals surface area contributed by atoms with E-state index in [1.54, 1.807) is 6.33 Å². The summed E-state index contributed by atoms with van der Waals surface area (Å²) in [6.07, 6.45) is 7.40. The predicted molar refractivity (Wildman–Crippen MR) is 78.9 cm³/mol. The quantitative estimate of drug-likeness (QED) is 0.575. The van der Waals surface area contributed by atoms with E-state index >= 15 is 0 Å². The molecule has 106 valence electrons. The number of nitrogens with zero attached hydrogens (tertiary/aromatic N) is 2. The highest BCUT2D eigenvalue weighted by molar-refractivity contribution is 5.57. The topological polar surface area (TPSA) is 75.9 Å². The normalized spacial score (nSPS) is 22.0. The highest BCUT2D eigenvalue weighted by Crippen LogP contribution is 2.36. The zero-order valence-electron chi connectivity index (χ0n) is 12.2. The van der Waals surface area contributed by atoms with E-state index in [-0.39, 0.29) is 0 Å². The lowest BCUT2D eigenvalue weighted by molar-refractivity contribution is 0.229. The zero-order valence-corrected chi connectivity index (χ0v) is 12.2. The highest BCUT2D eigenvalue weighted by Gasteiger charge is 2.28. The minimum absolute atomic E-state index is 0.421. The smallest absolute Gasteiger partial charge is 0.148 e. The number of hydrogen-bond donors (Lipinski definition) is 3. The second-order valence-electron chi connectivity index (χ2n) is 6.15. The summed E-state index contributed by atoms with van der Waals surface area (Å²) in [6, 6.07) is 0.495. The van der Waals surface area contributed by atoms with E-state index in [0.29, 0.717) is 11.5 Å². The van der Waals surface area contributed by atoms with Gasteiger partial charge < -0.3 is 10.7 Å². The largest absolute Gasteiger partial charge is 0.367 e. The van der Waals surface area contributed by atoms with Crippen LogP contribution in [-0.2, 0) is 6.42 Å². The van der Waals surface area contributed by atoms with Gasteiger partial charge in [0.15, 0.2) is 0 Å². The first kappa shape index (κ1) is 14.1. The van der Waals surface area contributed by atoms with Crippen LogP contribution in [-0.4, -0.2) is 16.0 Å². The zero-order chi connectivity index (χ0) is 13.9. The molecular formula is C14H25N5. The minimum Gasteiger partial charge on any atom is -0.367 e. The molecule has 2 rings (SSSR count). The number of nitrogens with two attached hydrogens (primary N) is 1. The van der Waals surface area contributed by atoms with Gasteiger partial charge in [0.25, 0.3) is 0 Å². The van der Waals surface area contributed by atoms with Crippen LogP contribution in [0.1, 0.15) is 52.0 Å². The lowest BCUT2D eigenvalue weighted by Gasteiger charge is -2.36. The van der Waals surface area contributed by atoms with Crippen molar-refractivity contribution in [2.24, 2.45) is 11.3 Å². The van der Waals surface area contributed by atoms with Crippen LogP contribution < -0.4 is 16.6 Å². The van der Waals surface area contributed by atoms with Crippen LogP contribution in [0.2, 0.25) is 0 Å². The Bertz CT molecular complexity index is 430. The summed E-state index contributed by atoms with van der Waals surface area (Å²) < 4.78 is 0.